The van der Waals surface area contributed by atoms with Crippen LogP contribution in [-0.4, -0.2) is 7.05 Å². The van der Waals surface area contributed by atoms with Gasteiger partial charge in [0.25, 0.3) is 0 Å². The highest BCUT2D eigenvalue weighted by molar-refractivity contribution is 5.27. The normalized spacial score (nSPS) is 21.3. The highest BCUT2D eigenvalue weighted by atomic mass is 19.1. The molecular weight excluding hydrogens is 237 g/mol. The van der Waals surface area contributed by atoms with E-state index in [1.807, 2.05) is 14.0 Å². The smallest absolute Gasteiger partial charge is 0.123 e. The van der Waals surface area contributed by atoms with Gasteiger partial charge in [0.1, 0.15) is 5.82 Å². The van der Waals surface area contributed by atoms with Crippen LogP contribution >= 0.6 is 0 Å². The van der Waals surface area contributed by atoms with E-state index in [0.717, 1.165) is 11.1 Å². The molecule has 0 amide bonds. The van der Waals surface area contributed by atoms with Crippen molar-refractivity contribution < 1.29 is 4.39 Å². The number of nitrogens with one attached hydrogen (secondary N) is 1. The van der Waals surface area contributed by atoms with Crippen LogP contribution in [0.1, 0.15) is 56.7 Å². The number of aryl methyl sites for hydroxylation is 1. The first-order chi connectivity index (χ1) is 8.91. The average Bonchev–Trinajstić information content (AvgIpc) is 2.31. The number of benzene rings is 1. The lowest BCUT2D eigenvalue weighted by Gasteiger charge is -2.38. The largest absolute Gasteiger partial charge is 0.313 e. The third kappa shape index (κ3) is 3.56. The van der Waals surface area contributed by atoms with Crippen LogP contribution in [-0.2, 0) is 0 Å². The van der Waals surface area contributed by atoms with Crippen molar-refractivity contribution in [1.82, 2.24) is 5.32 Å². The summed E-state index contributed by atoms with van der Waals surface area (Å²) in [6.07, 6.45) is 5.00. The van der Waals surface area contributed by atoms with Crippen molar-refractivity contribution >= 4 is 0 Å². The van der Waals surface area contributed by atoms with E-state index in [4.69, 9.17) is 0 Å². The second-order valence-electron chi connectivity index (χ2n) is 6.83. The Bertz CT molecular complexity index is 409. The first-order valence-electron chi connectivity index (χ1n) is 7.36. The third-order valence-corrected chi connectivity index (χ3v) is 4.59. The maximum Gasteiger partial charge on any atom is 0.123 e. The Hall–Kier alpha value is -0.890. The molecule has 1 aromatic rings. The molecule has 0 aliphatic heterocycles. The SMILES string of the molecule is CNC(c1cc(C)cc(F)c1)C1CCC(C)(C)CC1. The Morgan fingerprint density at radius 3 is 2.37 bits per heavy atom. The standard InChI is InChI=1S/C17H26FN/c1-12-9-14(11-15(18)10-12)16(19-4)13-5-7-17(2,3)8-6-13/h9-11,13,16,19H,5-8H2,1-4H3. The molecule has 1 fully saturated rings. The molecule has 0 bridgehead atoms. The van der Waals surface area contributed by atoms with Crippen LogP contribution in [0.3, 0.4) is 0 Å². The van der Waals surface area contributed by atoms with Crippen molar-refractivity contribution in [3.63, 3.8) is 0 Å². The minimum Gasteiger partial charge on any atom is -0.313 e. The lowest BCUT2D eigenvalue weighted by molar-refractivity contribution is 0.164. The Morgan fingerprint density at radius 1 is 1.21 bits per heavy atom. The predicted molar refractivity (Wildman–Crippen MR) is 78.7 cm³/mol. The molecule has 1 aromatic carbocycles. The summed E-state index contributed by atoms with van der Waals surface area (Å²) in [5.41, 5.74) is 2.59. The van der Waals surface area contributed by atoms with Gasteiger partial charge in [0.15, 0.2) is 0 Å². The van der Waals surface area contributed by atoms with Gasteiger partial charge in [-0.05, 0) is 74.2 Å². The zero-order valence-electron chi connectivity index (χ0n) is 12.6. The second-order valence-corrected chi connectivity index (χ2v) is 6.83. The molecule has 19 heavy (non-hydrogen) atoms. The van der Waals surface area contributed by atoms with Crippen LogP contribution in [0, 0.1) is 24.1 Å². The van der Waals surface area contributed by atoms with Gasteiger partial charge in [-0.3, -0.25) is 0 Å². The summed E-state index contributed by atoms with van der Waals surface area (Å²) in [4.78, 5) is 0. The van der Waals surface area contributed by atoms with Crippen LogP contribution in [0.25, 0.3) is 0 Å². The van der Waals surface area contributed by atoms with Gasteiger partial charge in [0.05, 0.1) is 0 Å². The molecule has 0 spiro atoms. The minimum absolute atomic E-state index is 0.119. The molecule has 1 nitrogen and oxygen atoms in total. The fourth-order valence-corrected chi connectivity index (χ4v) is 3.37. The Labute approximate surface area is 116 Å². The molecule has 0 aromatic heterocycles. The Balaban J connectivity index is 2.16. The first kappa shape index (κ1) is 14.5. The minimum atomic E-state index is -0.119. The van der Waals surface area contributed by atoms with Gasteiger partial charge >= 0.3 is 0 Å². The molecule has 0 saturated heterocycles. The summed E-state index contributed by atoms with van der Waals surface area (Å²) in [5.74, 6) is 0.505. The quantitative estimate of drug-likeness (QED) is 0.839. The van der Waals surface area contributed by atoms with Crippen LogP contribution in [0.5, 0.6) is 0 Å². The van der Waals surface area contributed by atoms with Crippen molar-refractivity contribution in [2.45, 2.75) is 52.5 Å². The molecule has 1 N–H and O–H groups in total. The molecular formula is C17H26FN. The van der Waals surface area contributed by atoms with Gasteiger partial charge in [-0.25, -0.2) is 4.39 Å². The van der Waals surface area contributed by atoms with Gasteiger partial charge in [0.2, 0.25) is 0 Å². The fraction of sp³-hybridized carbons (Fsp3) is 0.647. The molecule has 0 heterocycles. The number of halogens is 1. The molecule has 0 radical (unpaired) electrons. The lowest BCUT2D eigenvalue weighted by Crippen LogP contribution is -2.31. The summed E-state index contributed by atoms with van der Waals surface area (Å²) >= 11 is 0. The van der Waals surface area contributed by atoms with E-state index in [0.29, 0.717) is 11.3 Å². The summed E-state index contributed by atoms with van der Waals surface area (Å²) in [6, 6.07) is 5.68. The van der Waals surface area contributed by atoms with E-state index in [9.17, 15) is 4.39 Å². The zero-order chi connectivity index (χ0) is 14.0. The van der Waals surface area contributed by atoms with Gasteiger partial charge in [-0.15, -0.1) is 0 Å². The molecule has 2 rings (SSSR count). The van der Waals surface area contributed by atoms with E-state index in [1.165, 1.54) is 25.7 Å². The summed E-state index contributed by atoms with van der Waals surface area (Å²) < 4.78 is 13.6. The van der Waals surface area contributed by atoms with Gasteiger partial charge in [-0.1, -0.05) is 19.9 Å². The Morgan fingerprint density at radius 2 is 1.84 bits per heavy atom. The van der Waals surface area contributed by atoms with Crippen molar-refractivity contribution in [1.29, 1.82) is 0 Å². The Kier molecular flexibility index (Phi) is 4.29. The third-order valence-electron chi connectivity index (χ3n) is 4.59. The number of hydrogen-bond acceptors (Lipinski definition) is 1. The highest BCUT2D eigenvalue weighted by Crippen LogP contribution is 2.42. The summed E-state index contributed by atoms with van der Waals surface area (Å²) in [5, 5.41) is 3.40. The lowest BCUT2D eigenvalue weighted by atomic mass is 9.70. The van der Waals surface area contributed by atoms with Gasteiger partial charge in [-0.2, -0.15) is 0 Å². The maximum absolute atomic E-state index is 13.6. The zero-order valence-corrected chi connectivity index (χ0v) is 12.6. The van der Waals surface area contributed by atoms with Crippen molar-refractivity contribution in [3.05, 3.63) is 35.1 Å². The van der Waals surface area contributed by atoms with Crippen molar-refractivity contribution in [3.8, 4) is 0 Å². The predicted octanol–water partition coefficient (Wildman–Crippen LogP) is 4.61. The molecule has 106 valence electrons. The molecule has 1 aliphatic carbocycles. The van der Waals surface area contributed by atoms with E-state index in [2.05, 4.69) is 25.2 Å². The van der Waals surface area contributed by atoms with Gasteiger partial charge < -0.3 is 5.32 Å². The number of hydrogen-bond donors (Lipinski definition) is 1. The summed E-state index contributed by atoms with van der Waals surface area (Å²) in [6.45, 7) is 6.66. The van der Waals surface area contributed by atoms with Crippen LogP contribution in [0.15, 0.2) is 18.2 Å². The monoisotopic (exact) mass is 263 g/mol. The number of rotatable bonds is 3. The molecule has 1 aliphatic rings. The fourth-order valence-electron chi connectivity index (χ4n) is 3.37. The van der Waals surface area contributed by atoms with Crippen LogP contribution < -0.4 is 5.32 Å². The van der Waals surface area contributed by atoms with E-state index in [-0.39, 0.29) is 11.9 Å². The van der Waals surface area contributed by atoms with Crippen molar-refractivity contribution in [2.75, 3.05) is 7.05 Å². The molecule has 1 unspecified atom stereocenters. The van der Waals surface area contributed by atoms with E-state index < -0.39 is 0 Å². The topological polar surface area (TPSA) is 12.0 Å². The van der Waals surface area contributed by atoms with Crippen LogP contribution in [0.4, 0.5) is 4.39 Å². The van der Waals surface area contributed by atoms with Crippen LogP contribution in [0.2, 0.25) is 0 Å². The first-order valence-corrected chi connectivity index (χ1v) is 7.36. The summed E-state index contributed by atoms with van der Waals surface area (Å²) in [7, 11) is 1.99. The average molecular weight is 263 g/mol. The van der Waals surface area contributed by atoms with E-state index >= 15 is 0 Å². The van der Waals surface area contributed by atoms with Crippen molar-refractivity contribution in [2.24, 2.45) is 11.3 Å². The van der Waals surface area contributed by atoms with E-state index in [1.54, 1.807) is 12.1 Å². The second kappa shape index (κ2) is 5.62. The maximum atomic E-state index is 13.6. The molecule has 1 atom stereocenters. The van der Waals surface area contributed by atoms with Gasteiger partial charge in [0, 0.05) is 6.04 Å². The molecule has 1 saturated carbocycles. The highest BCUT2D eigenvalue weighted by Gasteiger charge is 2.31. The molecule has 2 heteroatoms.